The molecule has 1 saturated heterocycles. The average molecular weight is 427 g/mol. The molecule has 0 amide bonds. The fourth-order valence-electron chi connectivity index (χ4n) is 3.94. The molecule has 4 heterocycles. The highest BCUT2D eigenvalue weighted by Gasteiger charge is 2.24. The number of anilines is 2. The summed E-state index contributed by atoms with van der Waals surface area (Å²) < 4.78 is 4.92. The maximum Gasteiger partial charge on any atom is 0.348 e. The van der Waals surface area contributed by atoms with Gasteiger partial charge in [-0.15, -0.1) is 11.3 Å². The van der Waals surface area contributed by atoms with E-state index in [4.69, 9.17) is 4.74 Å². The van der Waals surface area contributed by atoms with Crippen molar-refractivity contribution in [3.63, 3.8) is 0 Å². The maximum absolute atomic E-state index is 12.1. The van der Waals surface area contributed by atoms with Crippen LogP contribution >= 0.6 is 11.3 Å². The summed E-state index contributed by atoms with van der Waals surface area (Å²) in [5.74, 6) is 2.96. The summed E-state index contributed by atoms with van der Waals surface area (Å²) in [6.45, 7) is 9.56. The topological polar surface area (TPSA) is 93.1 Å². The van der Waals surface area contributed by atoms with Crippen LogP contribution in [0.15, 0.2) is 6.07 Å². The molecule has 0 unspecified atom stereocenters. The highest BCUT2D eigenvalue weighted by atomic mass is 32.1. The lowest BCUT2D eigenvalue weighted by molar-refractivity contribution is 0.0605. The monoisotopic (exact) mass is 426 g/mol. The smallest absolute Gasteiger partial charge is 0.348 e. The van der Waals surface area contributed by atoms with Gasteiger partial charge in [-0.3, -0.25) is 0 Å². The lowest BCUT2D eigenvalue weighted by Crippen LogP contribution is -2.39. The molecular formula is C21H26N6O2S. The minimum absolute atomic E-state index is 0.295. The molecule has 0 aromatic carbocycles. The Labute approximate surface area is 179 Å². The molecule has 4 rings (SSSR count). The number of rotatable bonds is 4. The molecule has 1 fully saturated rings. The predicted molar refractivity (Wildman–Crippen MR) is 119 cm³/mol. The Hall–Kier alpha value is -2.81. The van der Waals surface area contributed by atoms with Crippen molar-refractivity contribution < 1.29 is 9.53 Å². The Balaban J connectivity index is 1.54. The molecule has 1 aliphatic heterocycles. The van der Waals surface area contributed by atoms with E-state index in [-0.39, 0.29) is 5.97 Å². The molecule has 3 aromatic heterocycles. The van der Waals surface area contributed by atoms with Crippen molar-refractivity contribution in [2.45, 2.75) is 46.6 Å². The second kappa shape index (κ2) is 8.14. The van der Waals surface area contributed by atoms with E-state index >= 15 is 0 Å². The van der Waals surface area contributed by atoms with Gasteiger partial charge in [-0.25, -0.2) is 24.7 Å². The van der Waals surface area contributed by atoms with Crippen LogP contribution in [0.2, 0.25) is 0 Å². The van der Waals surface area contributed by atoms with Gasteiger partial charge in [-0.1, -0.05) is 0 Å². The summed E-state index contributed by atoms with van der Waals surface area (Å²) >= 11 is 1.36. The summed E-state index contributed by atoms with van der Waals surface area (Å²) in [4.78, 5) is 34.0. The summed E-state index contributed by atoms with van der Waals surface area (Å²) in [7, 11) is 1.40. The Morgan fingerprint density at radius 3 is 2.47 bits per heavy atom. The number of fused-ring (bicyclic) bond motifs is 1. The van der Waals surface area contributed by atoms with E-state index in [2.05, 4.69) is 30.2 Å². The zero-order valence-corrected chi connectivity index (χ0v) is 18.8. The summed E-state index contributed by atoms with van der Waals surface area (Å²) in [5, 5.41) is 4.53. The minimum Gasteiger partial charge on any atom is -0.465 e. The van der Waals surface area contributed by atoms with Gasteiger partial charge in [0.2, 0.25) is 0 Å². The molecular weight excluding hydrogens is 400 g/mol. The maximum atomic E-state index is 12.1. The van der Waals surface area contributed by atoms with Gasteiger partial charge in [0.25, 0.3) is 0 Å². The first-order valence-electron chi connectivity index (χ1n) is 10.1. The lowest BCUT2D eigenvalue weighted by atomic mass is 10.0. The van der Waals surface area contributed by atoms with Gasteiger partial charge in [0.1, 0.15) is 33.0 Å². The number of piperidine rings is 1. The van der Waals surface area contributed by atoms with E-state index in [0.717, 1.165) is 64.9 Å². The van der Waals surface area contributed by atoms with Gasteiger partial charge >= 0.3 is 5.97 Å². The molecule has 0 radical (unpaired) electrons. The molecule has 158 valence electrons. The number of carbonyl (C=O) groups excluding carboxylic acids is 1. The van der Waals surface area contributed by atoms with Crippen molar-refractivity contribution in [1.29, 1.82) is 0 Å². The molecule has 0 aliphatic carbocycles. The van der Waals surface area contributed by atoms with Gasteiger partial charge in [-0.05, 0) is 46.1 Å². The van der Waals surface area contributed by atoms with Gasteiger partial charge in [0, 0.05) is 30.9 Å². The van der Waals surface area contributed by atoms with Crippen LogP contribution in [0.4, 0.5) is 11.6 Å². The second-order valence-corrected chi connectivity index (χ2v) is 8.67. The Morgan fingerprint density at radius 2 is 1.80 bits per heavy atom. The number of ether oxygens (including phenoxy) is 1. The zero-order chi connectivity index (χ0) is 21.4. The van der Waals surface area contributed by atoms with Crippen molar-refractivity contribution in [3.8, 4) is 0 Å². The molecule has 0 atom stereocenters. The van der Waals surface area contributed by atoms with Crippen LogP contribution in [0.5, 0.6) is 0 Å². The summed E-state index contributed by atoms with van der Waals surface area (Å²) in [6, 6.07) is 2.34. The fraction of sp³-hybridized carbons (Fsp3) is 0.476. The molecule has 1 aliphatic rings. The molecule has 8 nitrogen and oxygen atoms in total. The molecule has 0 bridgehead atoms. The van der Waals surface area contributed by atoms with Gasteiger partial charge < -0.3 is 15.0 Å². The van der Waals surface area contributed by atoms with Crippen LogP contribution in [-0.2, 0) is 4.74 Å². The molecule has 9 heteroatoms. The molecule has 30 heavy (non-hydrogen) atoms. The van der Waals surface area contributed by atoms with Crippen molar-refractivity contribution in [1.82, 2.24) is 19.9 Å². The van der Waals surface area contributed by atoms with Crippen LogP contribution in [-0.4, -0.2) is 52.1 Å². The third-order valence-electron chi connectivity index (χ3n) is 5.39. The average Bonchev–Trinajstić information content (AvgIpc) is 3.03. The minimum atomic E-state index is -0.331. The van der Waals surface area contributed by atoms with Crippen LogP contribution in [0.3, 0.4) is 0 Å². The summed E-state index contributed by atoms with van der Waals surface area (Å²) in [6.07, 6.45) is 1.94. The molecule has 3 aromatic rings. The van der Waals surface area contributed by atoms with Crippen LogP contribution in [0.25, 0.3) is 10.2 Å². The highest BCUT2D eigenvalue weighted by Crippen LogP contribution is 2.35. The van der Waals surface area contributed by atoms with Crippen molar-refractivity contribution in [2.24, 2.45) is 0 Å². The number of carbonyl (C=O) groups is 1. The van der Waals surface area contributed by atoms with Gasteiger partial charge in [-0.2, -0.15) is 0 Å². The third-order valence-corrected chi connectivity index (χ3v) is 6.55. The Morgan fingerprint density at radius 1 is 1.10 bits per heavy atom. The number of nitrogens with zero attached hydrogens (tertiary/aromatic N) is 5. The number of thiophene rings is 1. The Bertz CT molecular complexity index is 1080. The number of nitrogens with one attached hydrogen (secondary N) is 1. The lowest BCUT2D eigenvalue weighted by Gasteiger charge is -2.33. The molecule has 1 N–H and O–H groups in total. The normalized spacial score (nSPS) is 14.9. The van der Waals surface area contributed by atoms with Gasteiger partial charge in [0.15, 0.2) is 0 Å². The quantitative estimate of drug-likeness (QED) is 0.633. The standard InChI is InChI=1S/C21H26N6O2S/c1-11-10-16(23-13(3)22-11)27-8-6-15(7-9-27)26-19-17-12(2)18(21(28)29-5)30-20(17)25-14(4)24-19/h10,15H,6-9H2,1-5H3,(H,24,25,26). The van der Waals surface area contributed by atoms with E-state index in [1.807, 2.05) is 33.8 Å². The first-order chi connectivity index (χ1) is 14.4. The number of hydrogen-bond donors (Lipinski definition) is 1. The van der Waals surface area contributed by atoms with Crippen molar-refractivity contribution in [2.75, 3.05) is 30.4 Å². The van der Waals surface area contributed by atoms with E-state index in [0.29, 0.717) is 16.7 Å². The number of aromatic nitrogens is 4. The first kappa shape index (κ1) is 20.5. The van der Waals surface area contributed by atoms with Crippen LogP contribution in [0, 0.1) is 27.7 Å². The van der Waals surface area contributed by atoms with Crippen LogP contribution < -0.4 is 10.2 Å². The Kier molecular flexibility index (Phi) is 5.55. The van der Waals surface area contributed by atoms with E-state index in [1.165, 1.54) is 18.4 Å². The number of esters is 1. The molecule has 0 spiro atoms. The second-order valence-electron chi connectivity index (χ2n) is 7.67. The number of methoxy groups -OCH3 is 1. The van der Waals surface area contributed by atoms with E-state index < -0.39 is 0 Å². The first-order valence-corrected chi connectivity index (χ1v) is 10.9. The van der Waals surface area contributed by atoms with Gasteiger partial charge in [0.05, 0.1) is 12.5 Å². The van der Waals surface area contributed by atoms with Crippen LogP contribution in [0.1, 0.15) is 45.4 Å². The summed E-state index contributed by atoms with van der Waals surface area (Å²) in [5.41, 5.74) is 1.86. The highest BCUT2D eigenvalue weighted by molar-refractivity contribution is 7.20. The third kappa shape index (κ3) is 3.94. The molecule has 0 saturated carbocycles. The SMILES string of the molecule is COC(=O)c1sc2nc(C)nc(NC3CCN(c4cc(C)nc(C)n4)CC3)c2c1C. The van der Waals surface area contributed by atoms with Crippen molar-refractivity contribution >= 4 is 39.2 Å². The number of hydrogen-bond acceptors (Lipinski definition) is 9. The largest absolute Gasteiger partial charge is 0.465 e. The van der Waals surface area contributed by atoms with E-state index in [9.17, 15) is 4.79 Å². The predicted octanol–water partition coefficient (Wildman–Crippen LogP) is 3.58. The zero-order valence-electron chi connectivity index (χ0n) is 17.9. The van der Waals surface area contributed by atoms with Crippen molar-refractivity contribution in [3.05, 3.63) is 33.8 Å². The fourth-order valence-corrected chi connectivity index (χ4v) is 5.09. The van der Waals surface area contributed by atoms with E-state index in [1.54, 1.807) is 0 Å². The number of aryl methyl sites for hydroxylation is 4.